The second kappa shape index (κ2) is 5.99. The minimum absolute atomic E-state index is 0.109. The molecule has 0 amide bonds. The first kappa shape index (κ1) is 13.8. The van der Waals surface area contributed by atoms with Gasteiger partial charge in [0.1, 0.15) is 5.41 Å². The van der Waals surface area contributed by atoms with Crippen molar-refractivity contribution >= 4 is 17.3 Å². The van der Waals surface area contributed by atoms with Gasteiger partial charge in [0.2, 0.25) is 0 Å². The Bertz CT molecular complexity index is 524. The first-order chi connectivity index (χ1) is 9.19. The van der Waals surface area contributed by atoms with Crippen LogP contribution in [0.25, 0.3) is 0 Å². The molecular weight excluding hydrogens is 258 g/mol. The molecule has 4 heteroatoms. The molecular formula is C15H17NO2S. The second-order valence-electron chi connectivity index (χ2n) is 4.54. The lowest BCUT2D eigenvalue weighted by Crippen LogP contribution is -2.43. The zero-order chi connectivity index (χ0) is 13.7. The zero-order valence-electron chi connectivity index (χ0n) is 10.6. The van der Waals surface area contributed by atoms with Gasteiger partial charge in [-0.1, -0.05) is 36.4 Å². The second-order valence-corrected chi connectivity index (χ2v) is 5.57. The Kier molecular flexibility index (Phi) is 4.35. The van der Waals surface area contributed by atoms with Crippen LogP contribution in [-0.2, 0) is 16.6 Å². The fourth-order valence-electron chi connectivity index (χ4n) is 2.23. The van der Waals surface area contributed by atoms with Gasteiger partial charge in [0.15, 0.2) is 0 Å². The summed E-state index contributed by atoms with van der Waals surface area (Å²) in [5.74, 6) is -0.849. The van der Waals surface area contributed by atoms with Crippen LogP contribution in [-0.4, -0.2) is 17.6 Å². The van der Waals surface area contributed by atoms with Gasteiger partial charge in [-0.05, 0) is 29.9 Å². The fraction of sp³-hybridized carbons (Fsp3) is 0.267. The van der Waals surface area contributed by atoms with Gasteiger partial charge in [0.25, 0.3) is 0 Å². The third-order valence-electron chi connectivity index (χ3n) is 3.46. The molecule has 0 aliphatic heterocycles. The van der Waals surface area contributed by atoms with Gasteiger partial charge in [-0.3, -0.25) is 4.79 Å². The Labute approximate surface area is 116 Å². The quantitative estimate of drug-likeness (QED) is 0.852. The molecule has 0 aliphatic carbocycles. The molecule has 2 rings (SSSR count). The SMILES string of the molecule is NCC(CCc1cccs1)(C(=O)O)c1ccccc1. The number of carbonyl (C=O) groups is 1. The van der Waals surface area contributed by atoms with Crippen LogP contribution < -0.4 is 5.73 Å². The Morgan fingerprint density at radius 1 is 1.21 bits per heavy atom. The lowest BCUT2D eigenvalue weighted by molar-refractivity contribution is -0.143. The molecule has 1 heterocycles. The molecule has 100 valence electrons. The molecule has 0 fully saturated rings. The van der Waals surface area contributed by atoms with Crippen LogP contribution in [0.4, 0.5) is 0 Å². The lowest BCUT2D eigenvalue weighted by Gasteiger charge is -2.28. The van der Waals surface area contributed by atoms with Gasteiger partial charge in [0.05, 0.1) is 0 Å². The first-order valence-corrected chi connectivity index (χ1v) is 7.08. The average Bonchev–Trinajstić information content (AvgIpc) is 2.94. The van der Waals surface area contributed by atoms with Crippen molar-refractivity contribution in [2.45, 2.75) is 18.3 Å². The van der Waals surface area contributed by atoms with Gasteiger partial charge < -0.3 is 10.8 Å². The average molecular weight is 275 g/mol. The molecule has 3 N–H and O–H groups in total. The van der Waals surface area contributed by atoms with Crippen LogP contribution in [0.15, 0.2) is 47.8 Å². The highest BCUT2D eigenvalue weighted by molar-refractivity contribution is 7.09. The van der Waals surface area contributed by atoms with Crippen molar-refractivity contribution in [3.63, 3.8) is 0 Å². The molecule has 2 aromatic rings. The highest BCUT2D eigenvalue weighted by Crippen LogP contribution is 2.30. The minimum Gasteiger partial charge on any atom is -0.481 e. The number of carboxylic acids is 1. The Hall–Kier alpha value is -1.65. The zero-order valence-corrected chi connectivity index (χ0v) is 11.4. The molecule has 0 bridgehead atoms. The van der Waals surface area contributed by atoms with Gasteiger partial charge >= 0.3 is 5.97 Å². The molecule has 1 unspecified atom stereocenters. The van der Waals surface area contributed by atoms with Gasteiger partial charge in [-0.25, -0.2) is 0 Å². The highest BCUT2D eigenvalue weighted by Gasteiger charge is 2.38. The predicted molar refractivity (Wildman–Crippen MR) is 77.5 cm³/mol. The summed E-state index contributed by atoms with van der Waals surface area (Å²) >= 11 is 1.65. The van der Waals surface area contributed by atoms with E-state index in [4.69, 9.17) is 5.73 Å². The van der Waals surface area contributed by atoms with Crippen LogP contribution in [0.3, 0.4) is 0 Å². The number of hydrogen-bond acceptors (Lipinski definition) is 3. The number of nitrogens with two attached hydrogens (primary N) is 1. The number of benzene rings is 1. The first-order valence-electron chi connectivity index (χ1n) is 6.20. The molecule has 0 saturated heterocycles. The van der Waals surface area contributed by atoms with Crippen molar-refractivity contribution in [2.75, 3.05) is 6.54 Å². The Morgan fingerprint density at radius 2 is 1.95 bits per heavy atom. The van der Waals surface area contributed by atoms with Crippen LogP contribution in [0.1, 0.15) is 16.9 Å². The third kappa shape index (κ3) is 2.85. The summed E-state index contributed by atoms with van der Waals surface area (Å²) in [7, 11) is 0. The molecule has 0 radical (unpaired) electrons. The normalized spacial score (nSPS) is 13.9. The minimum atomic E-state index is -0.995. The van der Waals surface area contributed by atoms with Crippen molar-refractivity contribution in [1.29, 1.82) is 0 Å². The van der Waals surface area contributed by atoms with Crippen molar-refractivity contribution < 1.29 is 9.90 Å². The van der Waals surface area contributed by atoms with E-state index in [0.29, 0.717) is 6.42 Å². The fourth-order valence-corrected chi connectivity index (χ4v) is 2.94. The van der Waals surface area contributed by atoms with Gasteiger partial charge in [-0.15, -0.1) is 11.3 Å². The Balaban J connectivity index is 2.27. The summed E-state index contributed by atoms with van der Waals surface area (Å²) in [5, 5.41) is 11.6. The van der Waals surface area contributed by atoms with Crippen LogP contribution >= 0.6 is 11.3 Å². The van der Waals surface area contributed by atoms with Gasteiger partial charge in [-0.2, -0.15) is 0 Å². The maximum atomic E-state index is 11.7. The Morgan fingerprint density at radius 3 is 2.47 bits per heavy atom. The highest BCUT2D eigenvalue weighted by atomic mass is 32.1. The van der Waals surface area contributed by atoms with Gasteiger partial charge in [0, 0.05) is 11.4 Å². The summed E-state index contributed by atoms with van der Waals surface area (Å²) in [6.45, 7) is 0.109. The maximum Gasteiger partial charge on any atom is 0.315 e. The summed E-state index contributed by atoms with van der Waals surface area (Å²) < 4.78 is 0. The largest absolute Gasteiger partial charge is 0.481 e. The van der Waals surface area contributed by atoms with E-state index in [2.05, 4.69) is 0 Å². The third-order valence-corrected chi connectivity index (χ3v) is 4.40. The van der Waals surface area contributed by atoms with Crippen molar-refractivity contribution in [3.05, 3.63) is 58.3 Å². The molecule has 1 aromatic carbocycles. The topological polar surface area (TPSA) is 63.3 Å². The van der Waals surface area contributed by atoms with Crippen LogP contribution in [0.2, 0.25) is 0 Å². The van der Waals surface area contributed by atoms with E-state index in [1.54, 1.807) is 11.3 Å². The molecule has 1 aromatic heterocycles. The number of thiophene rings is 1. The summed E-state index contributed by atoms with van der Waals surface area (Å²) in [4.78, 5) is 12.9. The number of hydrogen-bond donors (Lipinski definition) is 2. The molecule has 1 atom stereocenters. The van der Waals surface area contributed by atoms with Crippen LogP contribution in [0, 0.1) is 0 Å². The smallest absolute Gasteiger partial charge is 0.315 e. The van der Waals surface area contributed by atoms with E-state index >= 15 is 0 Å². The van der Waals surface area contributed by atoms with Crippen LogP contribution in [0.5, 0.6) is 0 Å². The van der Waals surface area contributed by atoms with E-state index in [0.717, 1.165) is 12.0 Å². The monoisotopic (exact) mass is 275 g/mol. The summed E-state index contributed by atoms with van der Waals surface area (Å²) in [6, 6.07) is 13.3. The van der Waals surface area contributed by atoms with E-state index in [1.165, 1.54) is 4.88 Å². The predicted octanol–water partition coefficient (Wildman–Crippen LogP) is 2.66. The van der Waals surface area contributed by atoms with Crippen molar-refractivity contribution in [2.24, 2.45) is 5.73 Å². The van der Waals surface area contributed by atoms with E-state index in [1.807, 2.05) is 47.8 Å². The number of carboxylic acid groups (broad SMARTS) is 1. The lowest BCUT2D eigenvalue weighted by atomic mass is 9.76. The number of rotatable bonds is 6. The number of aliphatic carboxylic acids is 1. The number of aryl methyl sites for hydroxylation is 1. The summed E-state index contributed by atoms with van der Waals surface area (Å²) in [6.07, 6.45) is 1.25. The molecule has 0 saturated carbocycles. The standard InChI is InChI=1S/C15H17NO2S/c16-11-15(14(17)18,12-5-2-1-3-6-12)9-8-13-7-4-10-19-13/h1-7,10H,8-9,11,16H2,(H,17,18). The van der Waals surface area contributed by atoms with E-state index < -0.39 is 11.4 Å². The molecule has 0 spiro atoms. The van der Waals surface area contributed by atoms with E-state index in [9.17, 15) is 9.90 Å². The van der Waals surface area contributed by atoms with Crippen molar-refractivity contribution in [3.8, 4) is 0 Å². The van der Waals surface area contributed by atoms with E-state index in [-0.39, 0.29) is 6.54 Å². The summed E-state index contributed by atoms with van der Waals surface area (Å²) in [5.41, 5.74) is 5.59. The molecule has 19 heavy (non-hydrogen) atoms. The molecule has 0 aliphatic rings. The molecule has 3 nitrogen and oxygen atoms in total. The maximum absolute atomic E-state index is 11.7. The van der Waals surface area contributed by atoms with Crippen molar-refractivity contribution in [1.82, 2.24) is 0 Å².